The van der Waals surface area contributed by atoms with Crippen molar-refractivity contribution in [2.45, 2.75) is 31.1 Å². The number of phenolic OH excluding ortho intramolecular Hbond substituents is 1. The van der Waals surface area contributed by atoms with Crippen molar-refractivity contribution in [2.75, 3.05) is 13.1 Å². The molecule has 3 rings (SSSR count). The number of sulfonamides is 1. The molecule has 0 atom stereocenters. The monoisotopic (exact) mass is 437 g/mol. The topological polar surface area (TPSA) is 82.3 Å². The van der Waals surface area contributed by atoms with Gasteiger partial charge in [-0.1, -0.05) is 6.42 Å². The van der Waals surface area contributed by atoms with Crippen LogP contribution >= 0.6 is 15.9 Å². The van der Waals surface area contributed by atoms with E-state index in [-0.39, 0.29) is 10.6 Å². The van der Waals surface area contributed by atoms with Crippen LogP contribution in [0.1, 0.15) is 24.8 Å². The summed E-state index contributed by atoms with van der Waals surface area (Å²) in [7, 11) is -3.45. The molecule has 6 nitrogen and oxygen atoms in total. The summed E-state index contributed by atoms with van der Waals surface area (Å²) in [5.74, 6) is 0.0173. The first-order valence-electron chi connectivity index (χ1n) is 8.39. The number of aromatic hydroxyl groups is 1. The summed E-state index contributed by atoms with van der Waals surface area (Å²) in [6.45, 7) is 3.04. The zero-order valence-electron chi connectivity index (χ0n) is 14.4. The summed E-state index contributed by atoms with van der Waals surface area (Å²) in [4.78, 5) is 0.263. The second-order valence-corrected chi connectivity index (χ2v) is 9.07. The molecule has 1 heterocycles. The van der Waals surface area contributed by atoms with E-state index in [2.05, 4.69) is 26.2 Å². The number of hydrogen-bond donors (Lipinski definition) is 1. The number of piperidine rings is 1. The maximum Gasteiger partial charge on any atom is 0.243 e. The van der Waals surface area contributed by atoms with Crippen LogP contribution in [-0.2, 0) is 10.0 Å². The van der Waals surface area contributed by atoms with Crippen LogP contribution in [0.3, 0.4) is 0 Å². The van der Waals surface area contributed by atoms with E-state index in [1.165, 1.54) is 4.31 Å². The molecule has 1 saturated heterocycles. The molecule has 0 bridgehead atoms. The Kier molecular flexibility index (Phi) is 5.74. The summed E-state index contributed by atoms with van der Waals surface area (Å²) in [5.41, 5.74) is 1.80. The lowest BCUT2D eigenvalue weighted by atomic mass is 10.2. The van der Waals surface area contributed by atoms with E-state index < -0.39 is 10.0 Å². The van der Waals surface area contributed by atoms with E-state index in [0.717, 1.165) is 24.8 Å². The Labute approximate surface area is 161 Å². The molecule has 0 aromatic heterocycles. The van der Waals surface area contributed by atoms with Crippen LogP contribution in [0.15, 0.2) is 56.0 Å². The molecule has 0 aliphatic carbocycles. The van der Waals surface area contributed by atoms with Gasteiger partial charge in [0.05, 0.1) is 15.1 Å². The van der Waals surface area contributed by atoms with E-state index >= 15 is 0 Å². The molecule has 1 N–H and O–H groups in total. The molecule has 26 heavy (non-hydrogen) atoms. The van der Waals surface area contributed by atoms with E-state index in [1.54, 1.807) is 36.4 Å². The van der Waals surface area contributed by atoms with Gasteiger partial charge < -0.3 is 5.11 Å². The van der Waals surface area contributed by atoms with E-state index in [0.29, 0.717) is 28.9 Å². The second kappa shape index (κ2) is 7.85. The Bertz CT molecular complexity index is 921. The summed E-state index contributed by atoms with van der Waals surface area (Å²) in [6.07, 6.45) is 2.88. The van der Waals surface area contributed by atoms with Gasteiger partial charge in [-0.2, -0.15) is 9.42 Å². The maximum atomic E-state index is 12.6. The molecule has 1 aliphatic heterocycles. The van der Waals surface area contributed by atoms with Gasteiger partial charge in [0.25, 0.3) is 0 Å². The number of rotatable bonds is 4. The Balaban J connectivity index is 1.80. The number of benzene rings is 2. The Hall–Kier alpha value is -1.77. The van der Waals surface area contributed by atoms with Gasteiger partial charge in [0.1, 0.15) is 5.69 Å². The van der Waals surface area contributed by atoms with Crippen LogP contribution in [0.2, 0.25) is 0 Å². The van der Waals surface area contributed by atoms with Crippen molar-refractivity contribution >= 4 is 37.3 Å². The lowest BCUT2D eigenvalue weighted by Gasteiger charge is -2.25. The quantitative estimate of drug-likeness (QED) is 0.678. The zero-order valence-corrected chi connectivity index (χ0v) is 16.8. The summed E-state index contributed by atoms with van der Waals surface area (Å²) >= 11 is 3.27. The van der Waals surface area contributed by atoms with E-state index in [4.69, 9.17) is 0 Å². The second-order valence-electron chi connectivity index (χ2n) is 6.27. The highest BCUT2D eigenvalue weighted by Gasteiger charge is 2.25. The minimum absolute atomic E-state index is 0.0173. The number of halogens is 1. The third-order valence-electron chi connectivity index (χ3n) is 4.25. The van der Waals surface area contributed by atoms with Crippen molar-refractivity contribution in [3.05, 3.63) is 46.4 Å². The fourth-order valence-corrected chi connectivity index (χ4v) is 4.92. The fourth-order valence-electron chi connectivity index (χ4n) is 2.84. The molecular formula is C18H20BrN3O3S. The van der Waals surface area contributed by atoms with Crippen LogP contribution in [-0.4, -0.2) is 30.9 Å². The van der Waals surface area contributed by atoms with Gasteiger partial charge >= 0.3 is 0 Å². The normalized spacial score (nSPS) is 16.2. The smallest absolute Gasteiger partial charge is 0.243 e. The number of nitrogens with zero attached hydrogens (tertiary/aromatic N) is 3. The molecule has 1 fully saturated rings. The van der Waals surface area contributed by atoms with Crippen molar-refractivity contribution in [1.29, 1.82) is 0 Å². The zero-order chi connectivity index (χ0) is 18.7. The first kappa shape index (κ1) is 19.0. The first-order chi connectivity index (χ1) is 12.4. The molecule has 0 saturated carbocycles. The average Bonchev–Trinajstić information content (AvgIpc) is 2.64. The number of hydrogen-bond acceptors (Lipinski definition) is 5. The van der Waals surface area contributed by atoms with Crippen LogP contribution in [0.25, 0.3) is 0 Å². The van der Waals surface area contributed by atoms with Crippen molar-refractivity contribution in [3.8, 4) is 5.75 Å². The summed E-state index contributed by atoms with van der Waals surface area (Å²) in [6, 6.07) is 9.83. The van der Waals surface area contributed by atoms with Crippen molar-refractivity contribution in [3.63, 3.8) is 0 Å². The Morgan fingerprint density at radius 2 is 1.69 bits per heavy atom. The van der Waals surface area contributed by atoms with Crippen LogP contribution < -0.4 is 0 Å². The lowest BCUT2D eigenvalue weighted by molar-refractivity contribution is 0.346. The fraction of sp³-hybridized carbons (Fsp3) is 0.333. The van der Waals surface area contributed by atoms with Gasteiger partial charge in [-0.05, 0) is 77.7 Å². The molecule has 0 spiro atoms. The molecular weight excluding hydrogens is 418 g/mol. The molecule has 8 heteroatoms. The number of azo groups is 1. The molecule has 2 aromatic rings. The van der Waals surface area contributed by atoms with Crippen molar-refractivity contribution in [1.82, 2.24) is 4.31 Å². The molecule has 1 aliphatic rings. The molecule has 138 valence electrons. The third-order valence-corrected chi connectivity index (χ3v) is 6.77. The molecule has 0 amide bonds. The highest BCUT2D eigenvalue weighted by atomic mass is 79.9. The minimum Gasteiger partial charge on any atom is -0.505 e. The minimum atomic E-state index is -3.45. The molecule has 0 radical (unpaired) electrons. The largest absolute Gasteiger partial charge is 0.505 e. The van der Waals surface area contributed by atoms with Crippen LogP contribution in [0.5, 0.6) is 5.75 Å². The van der Waals surface area contributed by atoms with E-state index in [9.17, 15) is 13.5 Å². The molecule has 2 aromatic carbocycles. The van der Waals surface area contributed by atoms with Gasteiger partial charge in [0, 0.05) is 13.1 Å². The van der Waals surface area contributed by atoms with E-state index in [1.807, 2.05) is 6.92 Å². The Morgan fingerprint density at radius 3 is 2.35 bits per heavy atom. The van der Waals surface area contributed by atoms with Gasteiger partial charge in [-0.3, -0.25) is 0 Å². The molecule has 0 unspecified atom stereocenters. The Morgan fingerprint density at radius 1 is 1.04 bits per heavy atom. The van der Waals surface area contributed by atoms with Gasteiger partial charge in [-0.15, -0.1) is 5.11 Å². The van der Waals surface area contributed by atoms with Gasteiger partial charge in [0.15, 0.2) is 5.75 Å². The third kappa shape index (κ3) is 4.13. The predicted molar refractivity (Wildman–Crippen MR) is 104 cm³/mol. The highest BCUT2D eigenvalue weighted by Crippen LogP contribution is 2.36. The lowest BCUT2D eigenvalue weighted by Crippen LogP contribution is -2.35. The van der Waals surface area contributed by atoms with Gasteiger partial charge in [-0.25, -0.2) is 8.42 Å². The first-order valence-corrected chi connectivity index (χ1v) is 10.6. The predicted octanol–water partition coefficient (Wildman–Crippen LogP) is 5.05. The standard InChI is InChI=1S/C18H20BrN3O3S/c1-13-11-16(19)18(23)17(12-13)21-20-14-5-7-15(8-6-14)26(24,25)22-9-3-2-4-10-22/h5-8,11-12,23H,2-4,9-10H2,1H3. The number of phenols is 1. The average molecular weight is 438 g/mol. The van der Waals surface area contributed by atoms with Crippen molar-refractivity contribution < 1.29 is 13.5 Å². The van der Waals surface area contributed by atoms with Crippen molar-refractivity contribution in [2.24, 2.45) is 10.2 Å². The van der Waals surface area contributed by atoms with Gasteiger partial charge in [0.2, 0.25) is 10.0 Å². The van der Waals surface area contributed by atoms with Crippen LogP contribution in [0, 0.1) is 6.92 Å². The summed E-state index contributed by atoms with van der Waals surface area (Å²) in [5, 5.41) is 18.2. The highest BCUT2D eigenvalue weighted by molar-refractivity contribution is 9.10. The van der Waals surface area contributed by atoms with Crippen LogP contribution in [0.4, 0.5) is 11.4 Å². The summed E-state index contributed by atoms with van der Waals surface area (Å²) < 4.78 is 27.3. The maximum absolute atomic E-state index is 12.6. The number of aryl methyl sites for hydroxylation is 1. The SMILES string of the molecule is Cc1cc(Br)c(O)c(N=Nc2ccc(S(=O)(=O)N3CCCCC3)cc2)c1.